The lowest BCUT2D eigenvalue weighted by Crippen LogP contribution is -2.39. The Morgan fingerprint density at radius 2 is 1.82 bits per heavy atom. The summed E-state index contributed by atoms with van der Waals surface area (Å²) in [6, 6.07) is 11.9. The zero-order chi connectivity index (χ0) is 24.6. The van der Waals surface area contributed by atoms with Crippen molar-refractivity contribution in [2.75, 3.05) is 6.61 Å². The molecule has 9 nitrogen and oxygen atoms in total. The van der Waals surface area contributed by atoms with Gasteiger partial charge in [-0.25, -0.2) is 9.36 Å². The lowest BCUT2D eigenvalue weighted by molar-refractivity contribution is -0.384. The molecule has 0 aliphatic carbocycles. The number of aromatic nitrogens is 2. The molecule has 2 heterocycles. The predicted octanol–water partition coefficient (Wildman–Crippen LogP) is 4.02. The second-order valence-electron chi connectivity index (χ2n) is 7.63. The van der Waals surface area contributed by atoms with E-state index in [2.05, 4.69) is 0 Å². The molecule has 2 aromatic carbocycles. The van der Waals surface area contributed by atoms with Gasteiger partial charge in [-0.2, -0.15) is 0 Å². The third-order valence-corrected chi connectivity index (χ3v) is 6.77. The number of nitrogens with zero attached hydrogens (tertiary/aromatic N) is 3. The van der Waals surface area contributed by atoms with Gasteiger partial charge in [-0.05, 0) is 50.6 Å². The summed E-state index contributed by atoms with van der Waals surface area (Å²) in [4.78, 5) is 51.7. The number of nitro benzene ring substituents is 1. The van der Waals surface area contributed by atoms with Crippen LogP contribution in [0.25, 0.3) is 15.9 Å². The second kappa shape index (κ2) is 9.06. The Balaban J connectivity index is 1.90. The first-order valence-corrected chi connectivity index (χ1v) is 11.3. The highest BCUT2D eigenvalue weighted by Gasteiger charge is 2.22. The molecule has 0 aliphatic rings. The number of ether oxygens (including phenoxy) is 1. The van der Waals surface area contributed by atoms with Crippen LogP contribution in [0.1, 0.15) is 27.7 Å². The van der Waals surface area contributed by atoms with Crippen LogP contribution in [-0.4, -0.2) is 26.4 Å². The molecule has 0 saturated heterocycles. The minimum absolute atomic E-state index is 0.109. The molecule has 0 radical (unpaired) electrons. The van der Waals surface area contributed by atoms with Crippen LogP contribution < -0.4 is 16.0 Å². The van der Waals surface area contributed by atoms with E-state index in [-0.39, 0.29) is 17.8 Å². The van der Waals surface area contributed by atoms with Crippen LogP contribution in [0.3, 0.4) is 0 Å². The number of rotatable bonds is 7. The summed E-state index contributed by atoms with van der Waals surface area (Å²) in [5.74, 6) is 0.122. The summed E-state index contributed by atoms with van der Waals surface area (Å²) in [5.41, 5.74) is -0.156. The van der Waals surface area contributed by atoms with Gasteiger partial charge in [-0.3, -0.25) is 24.3 Å². The zero-order valence-electron chi connectivity index (χ0n) is 18.7. The molecule has 0 saturated carbocycles. The SMILES string of the molecule is CCOc1ccc(-n2c(=O)c3c(C)c(C)sc3n(CC(=O)c3cccc([N+](=O)[O-])c3)c2=O)cc1. The number of carbonyl (C=O) groups excluding carboxylic acids is 1. The van der Waals surface area contributed by atoms with Crippen LogP contribution in [0.4, 0.5) is 5.69 Å². The Morgan fingerprint density at radius 3 is 2.47 bits per heavy atom. The predicted molar refractivity (Wildman–Crippen MR) is 130 cm³/mol. The molecular weight excluding hydrogens is 458 g/mol. The Bertz CT molecular complexity index is 1550. The summed E-state index contributed by atoms with van der Waals surface area (Å²) in [7, 11) is 0. The minimum atomic E-state index is -0.665. The van der Waals surface area contributed by atoms with Crippen molar-refractivity contribution < 1.29 is 14.5 Å². The van der Waals surface area contributed by atoms with Gasteiger partial charge in [0.05, 0.1) is 29.1 Å². The van der Waals surface area contributed by atoms with Gasteiger partial charge in [0.2, 0.25) is 0 Å². The lowest BCUT2D eigenvalue weighted by Gasteiger charge is -2.12. The smallest absolute Gasteiger partial charge is 0.337 e. The first-order chi connectivity index (χ1) is 16.2. The van der Waals surface area contributed by atoms with Crippen LogP contribution in [0.2, 0.25) is 0 Å². The van der Waals surface area contributed by atoms with Crippen molar-refractivity contribution in [1.82, 2.24) is 9.13 Å². The summed E-state index contributed by atoms with van der Waals surface area (Å²) in [6.45, 7) is 5.61. The topological polar surface area (TPSA) is 113 Å². The fourth-order valence-corrected chi connectivity index (χ4v) is 4.85. The number of aryl methyl sites for hydroxylation is 2. The summed E-state index contributed by atoms with van der Waals surface area (Å²) < 4.78 is 7.74. The third-order valence-electron chi connectivity index (χ3n) is 5.54. The van der Waals surface area contributed by atoms with Gasteiger partial charge in [0, 0.05) is 22.6 Å². The first-order valence-electron chi connectivity index (χ1n) is 10.5. The standard InChI is InChI=1S/C24H21N3O6S/c1-4-33-19-10-8-17(9-11-19)26-22(29)21-14(2)15(3)34-23(21)25(24(26)30)13-20(28)16-6-5-7-18(12-16)27(31)32/h5-12H,4,13H2,1-3H3. The number of hydrogen-bond donors (Lipinski definition) is 0. The van der Waals surface area contributed by atoms with E-state index in [0.29, 0.717) is 28.3 Å². The highest BCUT2D eigenvalue weighted by atomic mass is 32.1. The number of hydrogen-bond acceptors (Lipinski definition) is 7. The minimum Gasteiger partial charge on any atom is -0.494 e. The van der Waals surface area contributed by atoms with E-state index >= 15 is 0 Å². The second-order valence-corrected chi connectivity index (χ2v) is 8.83. The van der Waals surface area contributed by atoms with Crippen molar-refractivity contribution in [2.24, 2.45) is 0 Å². The van der Waals surface area contributed by atoms with Gasteiger partial charge in [0.25, 0.3) is 11.2 Å². The van der Waals surface area contributed by atoms with Crippen molar-refractivity contribution in [1.29, 1.82) is 0 Å². The maximum absolute atomic E-state index is 13.5. The summed E-state index contributed by atoms with van der Waals surface area (Å²) >= 11 is 1.26. The number of fused-ring (bicyclic) bond motifs is 1. The molecule has 34 heavy (non-hydrogen) atoms. The number of ketones is 1. The Hall–Kier alpha value is -4.05. The van der Waals surface area contributed by atoms with Gasteiger partial charge < -0.3 is 4.74 Å². The molecule has 0 fully saturated rings. The van der Waals surface area contributed by atoms with Gasteiger partial charge in [-0.15, -0.1) is 11.3 Å². The number of non-ortho nitro benzene ring substituents is 1. The molecule has 4 aromatic rings. The first kappa shape index (κ1) is 23.1. The number of benzene rings is 2. The molecule has 2 aromatic heterocycles. The van der Waals surface area contributed by atoms with Crippen molar-refractivity contribution in [3.63, 3.8) is 0 Å². The molecule has 0 N–H and O–H groups in total. The molecule has 0 amide bonds. The molecule has 0 bridgehead atoms. The number of thiophene rings is 1. The molecule has 174 valence electrons. The maximum Gasteiger partial charge on any atom is 0.337 e. The summed E-state index contributed by atoms with van der Waals surface area (Å²) in [6.07, 6.45) is 0. The van der Waals surface area contributed by atoms with Crippen LogP contribution in [0.5, 0.6) is 5.75 Å². The van der Waals surface area contributed by atoms with Crippen LogP contribution in [0, 0.1) is 24.0 Å². The van der Waals surface area contributed by atoms with E-state index in [1.807, 2.05) is 13.8 Å². The average molecular weight is 480 g/mol. The van der Waals surface area contributed by atoms with E-state index in [1.165, 1.54) is 40.2 Å². The quantitative estimate of drug-likeness (QED) is 0.225. The third kappa shape index (κ3) is 4.03. The maximum atomic E-state index is 13.5. The van der Waals surface area contributed by atoms with Gasteiger partial charge in [-0.1, -0.05) is 12.1 Å². The number of nitro groups is 1. The molecule has 0 unspecified atom stereocenters. The van der Waals surface area contributed by atoms with E-state index in [9.17, 15) is 24.5 Å². The Morgan fingerprint density at radius 1 is 1.12 bits per heavy atom. The molecule has 0 atom stereocenters. The Kier molecular flexibility index (Phi) is 6.16. The molecule has 10 heteroatoms. The van der Waals surface area contributed by atoms with E-state index in [4.69, 9.17) is 4.74 Å². The molecule has 0 aliphatic heterocycles. The highest BCUT2D eigenvalue weighted by molar-refractivity contribution is 7.18. The van der Waals surface area contributed by atoms with Crippen molar-refractivity contribution in [2.45, 2.75) is 27.3 Å². The van der Waals surface area contributed by atoms with Crippen LogP contribution in [-0.2, 0) is 6.54 Å². The van der Waals surface area contributed by atoms with Crippen LogP contribution in [0.15, 0.2) is 58.1 Å². The lowest BCUT2D eigenvalue weighted by atomic mass is 10.1. The fourth-order valence-electron chi connectivity index (χ4n) is 3.71. The zero-order valence-corrected chi connectivity index (χ0v) is 19.5. The van der Waals surface area contributed by atoms with Gasteiger partial charge >= 0.3 is 5.69 Å². The monoisotopic (exact) mass is 479 g/mol. The highest BCUT2D eigenvalue weighted by Crippen LogP contribution is 2.27. The van der Waals surface area contributed by atoms with Gasteiger partial charge in [0.15, 0.2) is 5.78 Å². The van der Waals surface area contributed by atoms with E-state index in [0.717, 1.165) is 15.0 Å². The molecular formula is C24H21N3O6S. The van der Waals surface area contributed by atoms with Gasteiger partial charge in [0.1, 0.15) is 10.6 Å². The molecule has 0 spiro atoms. The van der Waals surface area contributed by atoms with Crippen molar-refractivity contribution >= 4 is 33.0 Å². The average Bonchev–Trinajstić information content (AvgIpc) is 3.12. The van der Waals surface area contributed by atoms with Crippen molar-refractivity contribution in [3.05, 3.63) is 95.5 Å². The van der Waals surface area contributed by atoms with E-state index in [1.54, 1.807) is 31.2 Å². The number of carbonyl (C=O) groups is 1. The largest absolute Gasteiger partial charge is 0.494 e. The molecule has 4 rings (SSSR count). The fraction of sp³-hybridized carbons (Fsp3) is 0.208. The summed E-state index contributed by atoms with van der Waals surface area (Å²) in [5, 5.41) is 11.5. The van der Waals surface area contributed by atoms with Crippen LogP contribution >= 0.6 is 11.3 Å². The number of Topliss-reactive ketones (excluding diaryl/α,β-unsaturated/α-hetero) is 1. The Labute approximate surface area is 197 Å². The normalized spacial score (nSPS) is 11.0. The van der Waals surface area contributed by atoms with Crippen molar-refractivity contribution in [3.8, 4) is 11.4 Å². The van der Waals surface area contributed by atoms with E-state index < -0.39 is 22.0 Å².